The second-order valence-corrected chi connectivity index (χ2v) is 5.98. The van der Waals surface area contributed by atoms with Gasteiger partial charge in [-0.25, -0.2) is 9.37 Å². The first kappa shape index (κ1) is 16.1. The smallest absolute Gasteiger partial charge is 0.230 e. The average molecular weight is 342 g/mol. The van der Waals surface area contributed by atoms with Crippen LogP contribution in [0.5, 0.6) is 5.75 Å². The van der Waals surface area contributed by atoms with E-state index >= 15 is 0 Å². The molecule has 0 aliphatic heterocycles. The van der Waals surface area contributed by atoms with Gasteiger partial charge in [0.25, 0.3) is 0 Å². The summed E-state index contributed by atoms with van der Waals surface area (Å²) in [6.07, 6.45) is 0.228. The lowest BCUT2D eigenvalue weighted by Gasteiger charge is -2.04. The Morgan fingerprint density at radius 2 is 2.08 bits per heavy atom. The molecule has 2 aromatic carbocycles. The van der Waals surface area contributed by atoms with Crippen molar-refractivity contribution in [2.45, 2.75) is 6.42 Å². The quantitative estimate of drug-likeness (QED) is 0.758. The highest BCUT2D eigenvalue weighted by molar-refractivity contribution is 7.14. The number of amides is 1. The zero-order chi connectivity index (χ0) is 16.9. The maximum absolute atomic E-state index is 13.3. The Morgan fingerprint density at radius 3 is 2.88 bits per heavy atom. The van der Waals surface area contributed by atoms with E-state index in [1.807, 2.05) is 24.3 Å². The zero-order valence-corrected chi connectivity index (χ0v) is 13.8. The van der Waals surface area contributed by atoms with Crippen LogP contribution >= 0.6 is 11.3 Å². The molecule has 0 aliphatic carbocycles. The molecule has 1 aromatic heterocycles. The Labute approximate surface area is 142 Å². The molecule has 1 N–H and O–H groups in total. The summed E-state index contributed by atoms with van der Waals surface area (Å²) in [5, 5.41) is 5.04. The average Bonchev–Trinajstić information content (AvgIpc) is 3.03. The molecule has 0 saturated carbocycles. The van der Waals surface area contributed by atoms with Gasteiger partial charge < -0.3 is 10.1 Å². The molecule has 0 atom stereocenters. The van der Waals surface area contributed by atoms with Gasteiger partial charge in [-0.2, -0.15) is 0 Å². The number of benzene rings is 2. The van der Waals surface area contributed by atoms with Gasteiger partial charge >= 0.3 is 0 Å². The number of hydrogen-bond donors (Lipinski definition) is 1. The van der Waals surface area contributed by atoms with Crippen molar-refractivity contribution in [3.63, 3.8) is 0 Å². The van der Waals surface area contributed by atoms with Crippen LogP contribution < -0.4 is 10.1 Å². The zero-order valence-electron chi connectivity index (χ0n) is 13.0. The first-order chi connectivity index (χ1) is 11.6. The Balaban J connectivity index is 1.67. The predicted molar refractivity (Wildman–Crippen MR) is 92.8 cm³/mol. The maximum Gasteiger partial charge on any atom is 0.230 e. The lowest BCUT2D eigenvalue weighted by atomic mass is 10.1. The molecule has 122 valence electrons. The minimum Gasteiger partial charge on any atom is -0.497 e. The van der Waals surface area contributed by atoms with Crippen molar-refractivity contribution in [2.24, 2.45) is 0 Å². The number of nitrogens with zero attached hydrogens (tertiary/aromatic N) is 1. The molecule has 0 fully saturated rings. The minimum atomic E-state index is -0.316. The topological polar surface area (TPSA) is 51.2 Å². The second-order valence-electron chi connectivity index (χ2n) is 5.12. The largest absolute Gasteiger partial charge is 0.497 e. The van der Waals surface area contributed by atoms with E-state index in [0.717, 1.165) is 5.56 Å². The minimum absolute atomic E-state index is 0.164. The Bertz CT molecular complexity index is 863. The fourth-order valence-corrected chi connectivity index (χ4v) is 2.98. The number of anilines is 1. The summed E-state index contributed by atoms with van der Waals surface area (Å²) in [5.41, 5.74) is 2.17. The van der Waals surface area contributed by atoms with Crippen molar-refractivity contribution in [3.8, 4) is 17.0 Å². The van der Waals surface area contributed by atoms with Gasteiger partial charge in [0, 0.05) is 10.9 Å². The van der Waals surface area contributed by atoms with Crippen LogP contribution in [0.15, 0.2) is 53.9 Å². The molecule has 0 aliphatic rings. The van der Waals surface area contributed by atoms with Crippen LogP contribution in [0.25, 0.3) is 11.3 Å². The van der Waals surface area contributed by atoms with Gasteiger partial charge in [0.2, 0.25) is 5.91 Å². The summed E-state index contributed by atoms with van der Waals surface area (Å²) in [6, 6.07) is 13.6. The third-order valence-electron chi connectivity index (χ3n) is 3.37. The molecule has 0 spiro atoms. The van der Waals surface area contributed by atoms with Gasteiger partial charge in [0.05, 0.1) is 19.2 Å². The molecular formula is C18H15FN2O2S. The van der Waals surface area contributed by atoms with E-state index in [-0.39, 0.29) is 18.1 Å². The molecule has 24 heavy (non-hydrogen) atoms. The fourth-order valence-electron chi connectivity index (χ4n) is 2.24. The highest BCUT2D eigenvalue weighted by atomic mass is 32.1. The first-order valence-electron chi connectivity index (χ1n) is 7.28. The number of carbonyl (C=O) groups excluding carboxylic acids is 1. The SMILES string of the molecule is COc1cccc(CC(=O)Nc2nc(-c3cccc(F)c3)cs2)c1. The summed E-state index contributed by atoms with van der Waals surface area (Å²) in [4.78, 5) is 16.5. The first-order valence-corrected chi connectivity index (χ1v) is 8.16. The molecular weight excluding hydrogens is 327 g/mol. The summed E-state index contributed by atoms with van der Waals surface area (Å²) >= 11 is 1.31. The van der Waals surface area contributed by atoms with E-state index in [9.17, 15) is 9.18 Å². The molecule has 0 unspecified atom stereocenters. The number of hydrogen-bond acceptors (Lipinski definition) is 4. The van der Waals surface area contributed by atoms with E-state index in [4.69, 9.17) is 4.74 Å². The Kier molecular flexibility index (Phi) is 4.86. The van der Waals surface area contributed by atoms with Crippen LogP contribution in [0.1, 0.15) is 5.56 Å². The van der Waals surface area contributed by atoms with Crippen molar-refractivity contribution >= 4 is 22.4 Å². The van der Waals surface area contributed by atoms with E-state index in [0.29, 0.717) is 22.1 Å². The fraction of sp³-hybridized carbons (Fsp3) is 0.111. The highest BCUT2D eigenvalue weighted by Crippen LogP contribution is 2.25. The van der Waals surface area contributed by atoms with Crippen LogP contribution in [-0.4, -0.2) is 18.0 Å². The van der Waals surface area contributed by atoms with Crippen molar-refractivity contribution in [1.82, 2.24) is 4.98 Å². The third kappa shape index (κ3) is 3.97. The number of rotatable bonds is 5. The molecule has 6 heteroatoms. The van der Waals surface area contributed by atoms with Crippen molar-refractivity contribution in [1.29, 1.82) is 0 Å². The summed E-state index contributed by atoms with van der Waals surface area (Å²) in [5.74, 6) is 0.232. The van der Waals surface area contributed by atoms with E-state index in [1.54, 1.807) is 24.6 Å². The van der Waals surface area contributed by atoms with Gasteiger partial charge in [0.1, 0.15) is 11.6 Å². The van der Waals surface area contributed by atoms with Crippen LogP contribution in [0.4, 0.5) is 9.52 Å². The molecule has 4 nitrogen and oxygen atoms in total. The van der Waals surface area contributed by atoms with Crippen LogP contribution in [-0.2, 0) is 11.2 Å². The number of methoxy groups -OCH3 is 1. The molecule has 1 heterocycles. The van der Waals surface area contributed by atoms with Crippen molar-refractivity contribution in [3.05, 3.63) is 65.3 Å². The number of nitrogens with one attached hydrogen (secondary N) is 1. The third-order valence-corrected chi connectivity index (χ3v) is 4.13. The van der Waals surface area contributed by atoms with Gasteiger partial charge in [-0.15, -0.1) is 11.3 Å². The van der Waals surface area contributed by atoms with Gasteiger partial charge in [-0.3, -0.25) is 4.79 Å². The molecule has 0 saturated heterocycles. The van der Waals surface area contributed by atoms with Crippen LogP contribution in [0, 0.1) is 5.82 Å². The predicted octanol–water partition coefficient (Wildman–Crippen LogP) is 4.14. The standard InChI is InChI=1S/C18H15FN2O2S/c1-23-15-7-2-4-12(8-15)9-17(22)21-18-20-16(11-24-18)13-5-3-6-14(19)10-13/h2-8,10-11H,9H2,1H3,(H,20,21,22). The van der Waals surface area contributed by atoms with Gasteiger partial charge in [-0.1, -0.05) is 24.3 Å². The number of carbonyl (C=O) groups is 1. The molecule has 1 amide bonds. The number of halogens is 1. The van der Waals surface area contributed by atoms with Crippen molar-refractivity contribution in [2.75, 3.05) is 12.4 Å². The normalized spacial score (nSPS) is 10.4. The lowest BCUT2D eigenvalue weighted by Crippen LogP contribution is -2.14. The van der Waals surface area contributed by atoms with Crippen LogP contribution in [0.2, 0.25) is 0 Å². The summed E-state index contributed by atoms with van der Waals surface area (Å²) in [6.45, 7) is 0. The number of aromatic nitrogens is 1. The van der Waals surface area contributed by atoms with E-state index in [2.05, 4.69) is 10.3 Å². The number of thiazole rings is 1. The van der Waals surface area contributed by atoms with Crippen molar-refractivity contribution < 1.29 is 13.9 Å². The van der Waals surface area contributed by atoms with E-state index in [1.165, 1.54) is 23.5 Å². The molecule has 0 radical (unpaired) electrons. The van der Waals surface area contributed by atoms with Crippen LogP contribution in [0.3, 0.4) is 0 Å². The summed E-state index contributed by atoms with van der Waals surface area (Å²) in [7, 11) is 1.59. The maximum atomic E-state index is 13.3. The molecule has 0 bridgehead atoms. The Morgan fingerprint density at radius 1 is 1.25 bits per heavy atom. The molecule has 3 rings (SSSR count). The number of ether oxygens (including phenoxy) is 1. The summed E-state index contributed by atoms with van der Waals surface area (Å²) < 4.78 is 18.4. The second kappa shape index (κ2) is 7.23. The van der Waals surface area contributed by atoms with E-state index < -0.39 is 0 Å². The lowest BCUT2D eigenvalue weighted by molar-refractivity contribution is -0.115. The van der Waals surface area contributed by atoms with Gasteiger partial charge in [-0.05, 0) is 29.8 Å². The highest BCUT2D eigenvalue weighted by Gasteiger charge is 2.10. The monoisotopic (exact) mass is 342 g/mol. The van der Waals surface area contributed by atoms with Gasteiger partial charge in [0.15, 0.2) is 5.13 Å². The Hall–Kier alpha value is -2.73. The molecule has 3 aromatic rings.